The molecule has 1 aromatic carbocycles. The van der Waals surface area contributed by atoms with Crippen LogP contribution in [0.5, 0.6) is 0 Å². The maximum atomic E-state index is 13.1. The molecule has 2 fully saturated rings. The highest BCUT2D eigenvalue weighted by molar-refractivity contribution is 6.13. The van der Waals surface area contributed by atoms with Gasteiger partial charge in [-0.2, -0.15) is 0 Å². The zero-order valence-electron chi connectivity index (χ0n) is 16.7. The molecule has 0 radical (unpaired) electrons. The lowest BCUT2D eigenvalue weighted by molar-refractivity contribution is -0.119. The van der Waals surface area contributed by atoms with E-state index in [2.05, 4.69) is 17.0 Å². The van der Waals surface area contributed by atoms with Gasteiger partial charge >= 0.3 is 0 Å². The number of aliphatic imine (C=N–C) groups is 1. The average molecular weight is 385 g/mol. The van der Waals surface area contributed by atoms with Crippen molar-refractivity contribution in [3.05, 3.63) is 29.8 Å². The van der Waals surface area contributed by atoms with Crippen molar-refractivity contribution < 1.29 is 9.53 Å². The number of ether oxygens (including phenoxy) is 1. The third-order valence-corrected chi connectivity index (χ3v) is 6.25. The number of nitrogens with zero attached hydrogens (tertiary/aromatic N) is 3. The summed E-state index contributed by atoms with van der Waals surface area (Å²) in [7, 11) is 0. The third kappa shape index (κ3) is 4.29. The summed E-state index contributed by atoms with van der Waals surface area (Å²) < 4.78 is 5.44. The van der Waals surface area contributed by atoms with Crippen molar-refractivity contribution >= 4 is 17.3 Å². The van der Waals surface area contributed by atoms with Gasteiger partial charge in [0.05, 0.1) is 18.9 Å². The Bertz CT molecular complexity index is 706. The minimum absolute atomic E-state index is 0.0932. The van der Waals surface area contributed by atoms with E-state index in [1.54, 1.807) is 0 Å². The number of carbonyl (C=O) groups is 1. The van der Waals surface area contributed by atoms with Crippen molar-refractivity contribution in [1.29, 1.82) is 0 Å². The lowest BCUT2D eigenvalue weighted by atomic mass is 9.89. The molecule has 1 aliphatic carbocycles. The first-order valence-corrected chi connectivity index (χ1v) is 10.8. The molecule has 2 aliphatic heterocycles. The molecule has 1 aromatic rings. The molecule has 2 heterocycles. The van der Waals surface area contributed by atoms with Gasteiger partial charge in [0.2, 0.25) is 0 Å². The van der Waals surface area contributed by atoms with Gasteiger partial charge in [-0.1, -0.05) is 43.9 Å². The minimum atomic E-state index is -0.810. The maximum Gasteiger partial charge on any atom is 0.266 e. The smallest absolute Gasteiger partial charge is 0.266 e. The molecule has 1 atom stereocenters. The Labute approximate surface area is 167 Å². The van der Waals surface area contributed by atoms with Crippen LogP contribution < -0.4 is 10.6 Å². The predicted molar refractivity (Wildman–Crippen MR) is 112 cm³/mol. The van der Waals surface area contributed by atoms with Gasteiger partial charge in [0.1, 0.15) is 0 Å². The Kier molecular flexibility index (Phi) is 6.40. The summed E-state index contributed by atoms with van der Waals surface area (Å²) in [5, 5.41) is 0. The molecule has 0 bridgehead atoms. The van der Waals surface area contributed by atoms with E-state index < -0.39 is 6.17 Å². The fourth-order valence-electron chi connectivity index (χ4n) is 4.65. The number of hydrogen-bond acceptors (Lipinski definition) is 5. The third-order valence-electron chi connectivity index (χ3n) is 6.25. The Hall–Kier alpha value is -1.76. The van der Waals surface area contributed by atoms with E-state index in [4.69, 9.17) is 15.5 Å². The van der Waals surface area contributed by atoms with Crippen LogP contribution in [0, 0.1) is 5.92 Å². The van der Waals surface area contributed by atoms with E-state index in [1.165, 1.54) is 25.7 Å². The van der Waals surface area contributed by atoms with Crippen molar-refractivity contribution in [3.8, 4) is 0 Å². The molecule has 1 saturated heterocycles. The number of benzodiazepines with no additional fused rings is 1. The number of nitrogens with two attached hydrogens (primary N) is 1. The Balaban J connectivity index is 1.61. The molecule has 6 heteroatoms. The van der Waals surface area contributed by atoms with Crippen LogP contribution in [0.1, 0.15) is 44.1 Å². The number of rotatable bonds is 4. The number of hydrogen-bond donors (Lipinski definition) is 1. The summed E-state index contributed by atoms with van der Waals surface area (Å²) in [5.41, 5.74) is 9.39. The molecule has 4 rings (SSSR count). The van der Waals surface area contributed by atoms with Gasteiger partial charge in [0, 0.05) is 43.4 Å². The lowest BCUT2D eigenvalue weighted by Crippen LogP contribution is -2.47. The molecule has 2 N–H and O–H groups in total. The van der Waals surface area contributed by atoms with Gasteiger partial charge in [0.15, 0.2) is 6.17 Å². The molecule has 0 spiro atoms. The first kappa shape index (κ1) is 19.6. The van der Waals surface area contributed by atoms with E-state index in [0.717, 1.165) is 62.7 Å². The lowest BCUT2D eigenvalue weighted by Gasteiger charge is -2.30. The highest BCUT2D eigenvalue weighted by Crippen LogP contribution is 2.33. The number of amides is 1. The fraction of sp³-hybridized carbons (Fsp3) is 0.636. The summed E-state index contributed by atoms with van der Waals surface area (Å²) in [6.07, 6.45) is 6.52. The van der Waals surface area contributed by atoms with Crippen LogP contribution in [0.15, 0.2) is 29.3 Å². The van der Waals surface area contributed by atoms with E-state index in [0.29, 0.717) is 12.5 Å². The largest absolute Gasteiger partial charge is 0.379 e. The Morgan fingerprint density at radius 1 is 1.04 bits per heavy atom. The van der Waals surface area contributed by atoms with Crippen LogP contribution in [-0.2, 0) is 9.53 Å². The van der Waals surface area contributed by atoms with Crippen molar-refractivity contribution in [2.45, 2.75) is 44.7 Å². The van der Waals surface area contributed by atoms with E-state index in [9.17, 15) is 4.79 Å². The minimum Gasteiger partial charge on any atom is -0.379 e. The van der Waals surface area contributed by atoms with Gasteiger partial charge in [-0.15, -0.1) is 0 Å². The number of benzene rings is 1. The van der Waals surface area contributed by atoms with Crippen LogP contribution >= 0.6 is 0 Å². The molecule has 1 amide bonds. The molecule has 0 aromatic heterocycles. The normalized spacial score (nSPS) is 25.0. The van der Waals surface area contributed by atoms with Gasteiger partial charge in [-0.3, -0.25) is 14.7 Å². The summed E-state index contributed by atoms with van der Waals surface area (Å²) in [4.78, 5) is 22.1. The van der Waals surface area contributed by atoms with E-state index >= 15 is 0 Å². The summed E-state index contributed by atoms with van der Waals surface area (Å²) in [6, 6.07) is 8.23. The van der Waals surface area contributed by atoms with Crippen LogP contribution in [0.25, 0.3) is 0 Å². The van der Waals surface area contributed by atoms with Crippen LogP contribution in [-0.4, -0.2) is 62.1 Å². The second-order valence-electron chi connectivity index (χ2n) is 8.11. The van der Waals surface area contributed by atoms with Crippen molar-refractivity contribution in [2.24, 2.45) is 16.6 Å². The number of carbonyl (C=O) groups excluding carboxylic acids is 1. The number of morpholine rings is 1. The highest BCUT2D eigenvalue weighted by Gasteiger charge is 2.32. The number of anilines is 1. The zero-order valence-corrected chi connectivity index (χ0v) is 16.7. The van der Waals surface area contributed by atoms with Crippen molar-refractivity contribution in [3.63, 3.8) is 0 Å². The van der Waals surface area contributed by atoms with E-state index in [1.807, 2.05) is 17.0 Å². The number of fused-ring (bicyclic) bond motifs is 1. The van der Waals surface area contributed by atoms with Crippen LogP contribution in [0.3, 0.4) is 0 Å². The van der Waals surface area contributed by atoms with E-state index in [-0.39, 0.29) is 5.91 Å². The van der Waals surface area contributed by atoms with Crippen LogP contribution in [0.4, 0.5) is 5.69 Å². The monoisotopic (exact) mass is 384 g/mol. The second kappa shape index (κ2) is 9.16. The topological polar surface area (TPSA) is 71.2 Å². The van der Waals surface area contributed by atoms with Crippen molar-refractivity contribution in [2.75, 3.05) is 44.3 Å². The van der Waals surface area contributed by atoms with Crippen molar-refractivity contribution in [1.82, 2.24) is 4.90 Å². The summed E-state index contributed by atoms with van der Waals surface area (Å²) in [5.74, 6) is 0.311. The highest BCUT2D eigenvalue weighted by atomic mass is 16.5. The molecule has 28 heavy (non-hydrogen) atoms. The Morgan fingerprint density at radius 3 is 2.50 bits per heavy atom. The first-order chi connectivity index (χ1) is 13.7. The second-order valence-corrected chi connectivity index (χ2v) is 8.11. The summed E-state index contributed by atoms with van der Waals surface area (Å²) >= 11 is 0. The number of para-hydroxylation sites is 1. The molecule has 6 nitrogen and oxygen atoms in total. The first-order valence-electron chi connectivity index (χ1n) is 10.8. The van der Waals surface area contributed by atoms with Gasteiger partial charge < -0.3 is 15.4 Å². The molecule has 1 saturated carbocycles. The Morgan fingerprint density at radius 2 is 1.75 bits per heavy atom. The van der Waals surface area contributed by atoms with Gasteiger partial charge in [0.25, 0.3) is 5.91 Å². The van der Waals surface area contributed by atoms with Gasteiger partial charge in [-0.05, 0) is 18.9 Å². The maximum absolute atomic E-state index is 13.1. The molecule has 0 unspecified atom stereocenters. The van der Waals surface area contributed by atoms with Gasteiger partial charge in [-0.25, -0.2) is 0 Å². The zero-order chi connectivity index (χ0) is 19.3. The molecular weight excluding hydrogens is 352 g/mol. The molecule has 3 aliphatic rings. The molecule has 152 valence electrons. The SMILES string of the molecule is N[C@H]1N=C(C2CCCCCC2)c2ccccc2N(CCN2CCOCC2)C1=O. The summed E-state index contributed by atoms with van der Waals surface area (Å²) in [6.45, 7) is 4.82. The predicted octanol–water partition coefficient (Wildman–Crippen LogP) is 2.41. The van der Waals surface area contributed by atoms with Crippen LogP contribution in [0.2, 0.25) is 0 Å². The standard InChI is InChI=1S/C22H32N4O2/c23-21-22(27)26(12-11-25-13-15-28-16-14-25)19-10-6-5-9-18(19)20(24-21)17-7-3-1-2-4-8-17/h5-6,9-10,17,21H,1-4,7-8,11-16,23H2/t21-/m0/s1. The fourth-order valence-corrected chi connectivity index (χ4v) is 4.65. The average Bonchev–Trinajstić information content (AvgIpc) is 3.06. The molecular formula is C22H32N4O2. The quantitative estimate of drug-likeness (QED) is 0.810.